The first kappa shape index (κ1) is 28.9. The van der Waals surface area contributed by atoms with E-state index in [4.69, 9.17) is 9.97 Å². The highest BCUT2D eigenvalue weighted by Gasteiger charge is 2.38. The van der Waals surface area contributed by atoms with Crippen LogP contribution in [0.2, 0.25) is 0 Å². The number of likely N-dealkylation sites (tertiary alicyclic amines) is 1. The Balaban J connectivity index is 1.42. The largest absolute Gasteiger partial charge is 0.373 e. The molecule has 1 fully saturated rings. The number of anilines is 1. The maximum absolute atomic E-state index is 16.8. The first-order valence-corrected chi connectivity index (χ1v) is 15.0. The molecule has 11 heteroatoms. The minimum Gasteiger partial charge on any atom is -0.373 e. The molecule has 7 nitrogen and oxygen atoms in total. The van der Waals surface area contributed by atoms with Gasteiger partial charge in [-0.1, -0.05) is 24.3 Å². The molecule has 0 aliphatic carbocycles. The minimum absolute atomic E-state index is 0.154. The Morgan fingerprint density at radius 1 is 1.21 bits per heavy atom. The number of fused-ring (bicyclic) bond motifs is 2. The Bertz CT molecular complexity index is 1770. The molecule has 2 aliphatic heterocycles. The Kier molecular flexibility index (Phi) is 7.93. The molecule has 6 heterocycles. The molecule has 0 amide bonds. The van der Waals surface area contributed by atoms with Gasteiger partial charge >= 0.3 is 0 Å². The number of alkyl halides is 2. The third-order valence-electron chi connectivity index (χ3n) is 7.65. The third-order valence-corrected chi connectivity index (χ3v) is 8.33. The highest BCUT2D eigenvalue weighted by molar-refractivity contribution is 7.08. The lowest BCUT2D eigenvalue weighted by molar-refractivity contribution is 0.0131. The molecule has 1 saturated heterocycles. The summed E-state index contributed by atoms with van der Waals surface area (Å²) >= 11 is 1.58. The fraction of sp³-hybridized carbons (Fsp3) is 0.281. The molecule has 6 rings (SSSR count). The fourth-order valence-electron chi connectivity index (χ4n) is 5.58. The second kappa shape index (κ2) is 11.8. The number of pyridine rings is 2. The number of nitrogens with zero attached hydrogens (tertiary/aromatic N) is 5. The number of halogens is 3. The van der Waals surface area contributed by atoms with Crippen molar-refractivity contribution in [3.05, 3.63) is 94.1 Å². The first-order valence-electron chi connectivity index (χ1n) is 14.1. The summed E-state index contributed by atoms with van der Waals surface area (Å²) in [6.45, 7) is 4.50. The summed E-state index contributed by atoms with van der Waals surface area (Å²) in [6, 6.07) is 3.85. The molecule has 0 aromatic carbocycles. The number of H-pyrrole nitrogens is 1. The van der Waals surface area contributed by atoms with E-state index in [2.05, 4.69) is 15.3 Å². The number of thiophene rings is 1. The van der Waals surface area contributed by atoms with Crippen molar-refractivity contribution < 1.29 is 13.2 Å². The van der Waals surface area contributed by atoms with Gasteiger partial charge in [-0.05, 0) is 42.5 Å². The Hall–Kier alpha value is -4.22. The van der Waals surface area contributed by atoms with Crippen molar-refractivity contribution in [1.82, 2.24) is 30.2 Å². The van der Waals surface area contributed by atoms with Gasteiger partial charge in [0.15, 0.2) is 0 Å². The molecule has 0 radical (unpaired) electrons. The molecule has 2 N–H and O–H groups in total. The molecular weight excluding hydrogens is 571 g/mol. The summed E-state index contributed by atoms with van der Waals surface area (Å²) in [4.78, 5) is 21.1. The summed E-state index contributed by atoms with van der Waals surface area (Å²) in [5, 5.41) is 7.26. The number of hydrogen-bond acceptors (Lipinski definition) is 7. The van der Waals surface area contributed by atoms with E-state index >= 15 is 4.39 Å². The number of hydrogen-bond donors (Lipinski definition) is 2. The molecule has 0 unspecified atom stereocenters. The molecule has 4 aromatic rings. The lowest BCUT2D eigenvalue weighted by Gasteiger charge is -2.20. The average Bonchev–Trinajstić information content (AvgIpc) is 3.72. The van der Waals surface area contributed by atoms with Gasteiger partial charge in [0.2, 0.25) is 0 Å². The van der Waals surface area contributed by atoms with Gasteiger partial charge < -0.3 is 15.2 Å². The molecule has 2 aliphatic rings. The lowest BCUT2D eigenvalue weighted by Crippen LogP contribution is -2.27. The van der Waals surface area contributed by atoms with E-state index < -0.39 is 11.7 Å². The fourth-order valence-corrected chi connectivity index (χ4v) is 6.22. The van der Waals surface area contributed by atoms with Gasteiger partial charge in [-0.15, -0.1) is 0 Å². The van der Waals surface area contributed by atoms with Crippen LogP contribution in [0.25, 0.3) is 33.4 Å². The van der Waals surface area contributed by atoms with Crippen LogP contribution < -0.4 is 10.2 Å². The zero-order valence-corrected chi connectivity index (χ0v) is 25.0. The predicted molar refractivity (Wildman–Crippen MR) is 167 cm³/mol. The zero-order valence-electron chi connectivity index (χ0n) is 24.2. The van der Waals surface area contributed by atoms with Crippen LogP contribution in [-0.4, -0.2) is 64.1 Å². The number of imidazole rings is 1. The average molecular weight is 604 g/mol. The molecule has 0 spiro atoms. The Labute approximate surface area is 252 Å². The quantitative estimate of drug-likeness (QED) is 0.225. The van der Waals surface area contributed by atoms with E-state index in [1.165, 1.54) is 6.20 Å². The zero-order chi connectivity index (χ0) is 30.1. The summed E-state index contributed by atoms with van der Waals surface area (Å²) in [5.74, 6) is -2.16. The van der Waals surface area contributed by atoms with Crippen LogP contribution >= 0.6 is 11.3 Å². The van der Waals surface area contributed by atoms with Gasteiger partial charge in [-0.25, -0.2) is 23.1 Å². The van der Waals surface area contributed by atoms with Gasteiger partial charge in [0.05, 0.1) is 30.0 Å². The van der Waals surface area contributed by atoms with Crippen molar-refractivity contribution in [3.8, 4) is 11.3 Å². The van der Waals surface area contributed by atoms with Crippen molar-refractivity contribution in [2.75, 3.05) is 38.3 Å². The number of allylic oxidation sites excluding steroid dienone is 4. The molecule has 222 valence electrons. The van der Waals surface area contributed by atoms with Gasteiger partial charge in [-0.3, -0.25) is 9.88 Å². The minimum atomic E-state index is -2.68. The smallest absolute Gasteiger partial charge is 0.261 e. The van der Waals surface area contributed by atoms with Crippen LogP contribution in [0.5, 0.6) is 0 Å². The van der Waals surface area contributed by atoms with Crippen molar-refractivity contribution in [2.45, 2.75) is 26.2 Å². The van der Waals surface area contributed by atoms with Crippen LogP contribution in [0.4, 0.5) is 19.0 Å². The van der Waals surface area contributed by atoms with Crippen molar-refractivity contribution in [2.24, 2.45) is 0 Å². The Morgan fingerprint density at radius 2 is 2.07 bits per heavy atom. The van der Waals surface area contributed by atoms with Crippen LogP contribution in [0.1, 0.15) is 37.2 Å². The summed E-state index contributed by atoms with van der Waals surface area (Å²) < 4.78 is 44.5. The molecule has 4 aromatic heterocycles. The highest BCUT2D eigenvalue weighted by atomic mass is 32.1. The first-order chi connectivity index (χ1) is 20.8. The van der Waals surface area contributed by atoms with Crippen molar-refractivity contribution in [3.63, 3.8) is 0 Å². The summed E-state index contributed by atoms with van der Waals surface area (Å²) in [6.07, 6.45) is 12.3. The third kappa shape index (κ3) is 5.74. The van der Waals surface area contributed by atoms with Crippen LogP contribution in [0, 0.1) is 5.82 Å². The van der Waals surface area contributed by atoms with E-state index in [0.717, 1.165) is 22.3 Å². The number of aromatic nitrogens is 4. The molecule has 43 heavy (non-hydrogen) atoms. The highest BCUT2D eigenvalue weighted by Crippen LogP contribution is 2.37. The van der Waals surface area contributed by atoms with Gasteiger partial charge in [0.1, 0.15) is 23.0 Å². The molecular formula is C32H32F3N7S. The number of aromatic amines is 1. The van der Waals surface area contributed by atoms with Crippen LogP contribution in [0.3, 0.4) is 0 Å². The summed E-state index contributed by atoms with van der Waals surface area (Å²) in [7, 11) is 1.85. The van der Waals surface area contributed by atoms with E-state index in [1.807, 2.05) is 73.0 Å². The second-order valence-corrected chi connectivity index (χ2v) is 11.5. The second-order valence-electron chi connectivity index (χ2n) is 10.7. The molecule has 0 bridgehead atoms. The van der Waals surface area contributed by atoms with Crippen LogP contribution in [0.15, 0.2) is 71.4 Å². The summed E-state index contributed by atoms with van der Waals surface area (Å²) in [5.41, 5.74) is 5.78. The lowest BCUT2D eigenvalue weighted by atomic mass is 9.97. The maximum Gasteiger partial charge on any atom is 0.261 e. The van der Waals surface area contributed by atoms with Crippen molar-refractivity contribution in [1.29, 1.82) is 0 Å². The monoisotopic (exact) mass is 603 g/mol. The van der Waals surface area contributed by atoms with E-state index in [-0.39, 0.29) is 13.0 Å². The molecule has 0 saturated carbocycles. The predicted octanol–water partition coefficient (Wildman–Crippen LogP) is 6.85. The van der Waals surface area contributed by atoms with Gasteiger partial charge in [-0.2, -0.15) is 11.3 Å². The van der Waals surface area contributed by atoms with E-state index in [9.17, 15) is 8.78 Å². The topological polar surface area (TPSA) is 73.0 Å². The Morgan fingerprint density at radius 3 is 2.79 bits per heavy atom. The normalized spacial score (nSPS) is 17.8. The number of nitrogens with one attached hydrogen (secondary N) is 2. The number of rotatable bonds is 7. The maximum atomic E-state index is 16.8. The van der Waals surface area contributed by atoms with Crippen molar-refractivity contribution >= 4 is 39.3 Å². The van der Waals surface area contributed by atoms with Gasteiger partial charge in [0.25, 0.3) is 5.92 Å². The van der Waals surface area contributed by atoms with Gasteiger partial charge in [0, 0.05) is 67.2 Å². The van der Waals surface area contributed by atoms with E-state index in [0.29, 0.717) is 59.2 Å². The SMILES string of the molecule is C/C=C/C(=C\C(=C/C)c1cnc2c(c1F)C(c1nc3c(-c4ccsc4)nccc3[nH]1)=CNCN2C)CN1CCC(F)(F)C1. The molecule has 0 atom stereocenters. The van der Waals surface area contributed by atoms with Crippen LogP contribution in [-0.2, 0) is 0 Å². The standard InChI is InChI=1S/C32H32F3N7S/c1-4-6-20(16-42-11-9-32(34,35)18-42)13-21(5-2)23-15-38-31-26(27(23)33)24(14-36-19-41(31)3)30-39-25-7-10-37-28(29(25)40-30)22-8-12-43-17-22/h4-8,10,12-15,17,36H,9,11,16,18-19H2,1-3H3,(H,39,40)/b6-4+,20-13+,21-5+. The van der Waals surface area contributed by atoms with E-state index in [1.54, 1.807) is 28.6 Å².